The first-order valence-electron chi connectivity index (χ1n) is 11.3. The van der Waals surface area contributed by atoms with Crippen molar-refractivity contribution in [1.29, 1.82) is 0 Å². The van der Waals surface area contributed by atoms with Crippen LogP contribution in [0.5, 0.6) is 11.6 Å². The molecule has 4 rings (SSSR count). The fourth-order valence-electron chi connectivity index (χ4n) is 4.28. The molecule has 0 unspecified atom stereocenters. The molecule has 6 heteroatoms. The summed E-state index contributed by atoms with van der Waals surface area (Å²) in [5, 5.41) is 5.44. The molecule has 1 heterocycles. The number of carbonyl (C=O) groups excluding carboxylic acids is 1. The summed E-state index contributed by atoms with van der Waals surface area (Å²) >= 11 is 6.06. The summed E-state index contributed by atoms with van der Waals surface area (Å²) in [5.74, 6) is 1.66. The molecule has 1 aliphatic rings. The lowest BCUT2D eigenvalue weighted by Gasteiger charge is -2.29. The van der Waals surface area contributed by atoms with Crippen LogP contribution in [0.1, 0.15) is 50.8 Å². The van der Waals surface area contributed by atoms with Crippen molar-refractivity contribution in [2.75, 3.05) is 0 Å². The molecule has 1 amide bonds. The quantitative estimate of drug-likeness (QED) is 0.409. The molecule has 1 saturated carbocycles. The lowest BCUT2D eigenvalue weighted by molar-refractivity contribution is -0.137. The number of aromatic nitrogens is 2. The third-order valence-corrected chi connectivity index (χ3v) is 6.36. The highest BCUT2D eigenvalue weighted by molar-refractivity contribution is 6.30. The molecule has 3 aromatic rings. The van der Waals surface area contributed by atoms with Crippen molar-refractivity contribution in [2.24, 2.45) is 5.92 Å². The average Bonchev–Trinajstić information content (AvgIpc) is 3.43. The van der Waals surface area contributed by atoms with Crippen molar-refractivity contribution in [2.45, 2.75) is 59.0 Å². The van der Waals surface area contributed by atoms with Gasteiger partial charge in [0.05, 0.1) is 23.5 Å². The third-order valence-electron chi connectivity index (χ3n) is 6.11. The maximum absolute atomic E-state index is 13.3. The monoisotopic (exact) mass is 451 g/mol. The molecule has 168 valence electrons. The smallest absolute Gasteiger partial charge is 0.227 e. The number of rotatable bonds is 7. The van der Waals surface area contributed by atoms with Crippen molar-refractivity contribution in [3.8, 4) is 17.3 Å². The SMILES string of the molecule is Cc1nn(-c2ccccc2)c(Oc2ccc(Cl)cc2)c1CN(C(=O)C1CCCC1)C(C)C. The molecule has 5 nitrogen and oxygen atoms in total. The molecule has 0 N–H and O–H groups in total. The largest absolute Gasteiger partial charge is 0.439 e. The summed E-state index contributed by atoms with van der Waals surface area (Å²) in [6, 6.07) is 17.3. The summed E-state index contributed by atoms with van der Waals surface area (Å²) in [6.07, 6.45) is 4.24. The minimum absolute atomic E-state index is 0.0888. The van der Waals surface area contributed by atoms with Gasteiger partial charge in [0.1, 0.15) is 5.75 Å². The fourth-order valence-corrected chi connectivity index (χ4v) is 4.40. The summed E-state index contributed by atoms with van der Waals surface area (Å²) in [7, 11) is 0. The number of hydrogen-bond donors (Lipinski definition) is 0. The van der Waals surface area contributed by atoms with E-state index in [1.165, 1.54) is 0 Å². The van der Waals surface area contributed by atoms with Gasteiger partial charge in [0.15, 0.2) is 0 Å². The number of hydrogen-bond acceptors (Lipinski definition) is 3. The second kappa shape index (κ2) is 9.78. The van der Waals surface area contributed by atoms with Crippen LogP contribution in [0.4, 0.5) is 0 Å². The van der Waals surface area contributed by atoms with Crippen LogP contribution in [0.25, 0.3) is 5.69 Å². The second-order valence-corrected chi connectivity index (χ2v) is 9.15. The van der Waals surface area contributed by atoms with E-state index in [0.29, 0.717) is 23.2 Å². The Labute approximate surface area is 194 Å². The molecule has 2 aromatic carbocycles. The zero-order valence-electron chi connectivity index (χ0n) is 18.9. The van der Waals surface area contributed by atoms with E-state index in [-0.39, 0.29) is 17.9 Å². The highest BCUT2D eigenvalue weighted by atomic mass is 35.5. The molecule has 32 heavy (non-hydrogen) atoms. The Balaban J connectivity index is 1.73. The Morgan fingerprint density at radius 1 is 1.12 bits per heavy atom. The van der Waals surface area contributed by atoms with E-state index in [2.05, 4.69) is 13.8 Å². The lowest BCUT2D eigenvalue weighted by Crippen LogP contribution is -2.39. The van der Waals surface area contributed by atoms with Crippen molar-refractivity contribution >= 4 is 17.5 Å². The van der Waals surface area contributed by atoms with Gasteiger partial charge in [-0.1, -0.05) is 42.6 Å². The minimum Gasteiger partial charge on any atom is -0.439 e. The topological polar surface area (TPSA) is 47.4 Å². The molecule has 1 aliphatic carbocycles. The lowest BCUT2D eigenvalue weighted by atomic mass is 10.0. The summed E-state index contributed by atoms with van der Waals surface area (Å²) in [4.78, 5) is 15.3. The van der Waals surface area contributed by atoms with Crippen molar-refractivity contribution < 1.29 is 9.53 Å². The van der Waals surface area contributed by atoms with E-state index < -0.39 is 0 Å². The van der Waals surface area contributed by atoms with E-state index in [0.717, 1.165) is 42.6 Å². The Hall–Kier alpha value is -2.79. The predicted octanol–water partition coefficient (Wildman–Crippen LogP) is 6.55. The summed E-state index contributed by atoms with van der Waals surface area (Å²) < 4.78 is 8.18. The van der Waals surface area contributed by atoms with Crippen molar-refractivity contribution in [3.63, 3.8) is 0 Å². The Bertz CT molecular complexity index is 1050. The maximum atomic E-state index is 13.3. The van der Waals surface area contributed by atoms with Gasteiger partial charge in [0, 0.05) is 17.0 Å². The number of amides is 1. The van der Waals surface area contributed by atoms with Crippen LogP contribution in [-0.2, 0) is 11.3 Å². The Morgan fingerprint density at radius 2 is 1.78 bits per heavy atom. The minimum atomic E-state index is 0.0888. The van der Waals surface area contributed by atoms with Crippen LogP contribution < -0.4 is 4.74 Å². The van der Waals surface area contributed by atoms with Gasteiger partial charge in [0.25, 0.3) is 0 Å². The molecular weight excluding hydrogens is 422 g/mol. The first kappa shape index (κ1) is 22.4. The number of benzene rings is 2. The number of aryl methyl sites for hydroxylation is 1. The summed E-state index contributed by atoms with van der Waals surface area (Å²) in [6.45, 7) is 6.59. The molecule has 0 spiro atoms. The van der Waals surface area contributed by atoms with Gasteiger partial charge >= 0.3 is 0 Å². The van der Waals surface area contributed by atoms with E-state index in [4.69, 9.17) is 21.4 Å². The second-order valence-electron chi connectivity index (χ2n) is 8.71. The molecule has 1 fully saturated rings. The van der Waals surface area contributed by atoms with Crippen LogP contribution in [0.2, 0.25) is 5.02 Å². The molecule has 0 aliphatic heterocycles. The molecule has 0 atom stereocenters. The number of para-hydroxylation sites is 1. The number of carbonyl (C=O) groups is 1. The standard InChI is InChI=1S/C26H30ClN3O2/c1-18(2)29(25(31)20-9-7-8-10-20)17-24-19(3)28-30(22-11-5-4-6-12-22)26(24)32-23-15-13-21(27)14-16-23/h4-6,11-16,18,20H,7-10,17H2,1-3H3. The van der Waals surface area contributed by atoms with Crippen LogP contribution >= 0.6 is 11.6 Å². The van der Waals surface area contributed by atoms with Gasteiger partial charge in [-0.3, -0.25) is 4.79 Å². The zero-order valence-corrected chi connectivity index (χ0v) is 19.7. The maximum Gasteiger partial charge on any atom is 0.227 e. The molecule has 0 radical (unpaired) electrons. The zero-order chi connectivity index (χ0) is 22.7. The van der Waals surface area contributed by atoms with E-state index >= 15 is 0 Å². The summed E-state index contributed by atoms with van der Waals surface area (Å²) in [5.41, 5.74) is 2.68. The number of ether oxygens (including phenoxy) is 1. The first-order chi connectivity index (χ1) is 15.4. The van der Waals surface area contributed by atoms with Crippen molar-refractivity contribution in [3.05, 3.63) is 70.9 Å². The van der Waals surface area contributed by atoms with Crippen LogP contribution in [0, 0.1) is 12.8 Å². The first-order valence-corrected chi connectivity index (χ1v) is 11.7. The van der Waals surface area contributed by atoms with Gasteiger partial charge in [-0.15, -0.1) is 0 Å². The van der Waals surface area contributed by atoms with Crippen LogP contribution in [-0.4, -0.2) is 26.6 Å². The van der Waals surface area contributed by atoms with Crippen LogP contribution in [0.3, 0.4) is 0 Å². The van der Waals surface area contributed by atoms with Gasteiger partial charge in [-0.2, -0.15) is 5.10 Å². The highest BCUT2D eigenvalue weighted by Crippen LogP contribution is 2.34. The molecule has 1 aromatic heterocycles. The predicted molar refractivity (Wildman–Crippen MR) is 127 cm³/mol. The van der Waals surface area contributed by atoms with Gasteiger partial charge < -0.3 is 9.64 Å². The van der Waals surface area contributed by atoms with Gasteiger partial charge in [-0.05, 0) is 70.0 Å². The van der Waals surface area contributed by atoms with Gasteiger partial charge in [-0.25, -0.2) is 4.68 Å². The fraction of sp³-hybridized carbons (Fsp3) is 0.385. The van der Waals surface area contributed by atoms with Crippen LogP contribution in [0.15, 0.2) is 54.6 Å². The van der Waals surface area contributed by atoms with E-state index in [1.807, 2.05) is 59.0 Å². The number of halogens is 1. The normalized spacial score (nSPS) is 14.2. The molecule has 0 saturated heterocycles. The van der Waals surface area contributed by atoms with Crippen molar-refractivity contribution in [1.82, 2.24) is 14.7 Å². The Morgan fingerprint density at radius 3 is 2.41 bits per heavy atom. The molecule has 0 bridgehead atoms. The molecular formula is C26H30ClN3O2. The average molecular weight is 452 g/mol. The van der Waals surface area contributed by atoms with Gasteiger partial charge in [0.2, 0.25) is 11.8 Å². The van der Waals surface area contributed by atoms with E-state index in [9.17, 15) is 4.79 Å². The highest BCUT2D eigenvalue weighted by Gasteiger charge is 2.31. The number of nitrogens with zero attached hydrogens (tertiary/aromatic N) is 3. The van der Waals surface area contributed by atoms with E-state index in [1.54, 1.807) is 12.1 Å². The Kier molecular flexibility index (Phi) is 6.85. The third kappa shape index (κ3) is 4.83.